The number of nitrogens with zero attached hydrogens (tertiary/aromatic N) is 5. The number of benzene rings is 3. The molecule has 64 heavy (non-hydrogen) atoms. The Morgan fingerprint density at radius 3 is 2.47 bits per heavy atom. The number of carbonyl (C=O) groups is 3. The molecule has 1 aromatic heterocycles. The normalized spacial score (nSPS) is 19.0. The maximum atomic E-state index is 13.4. The van der Waals surface area contributed by atoms with Gasteiger partial charge in [-0.2, -0.15) is 0 Å². The van der Waals surface area contributed by atoms with Crippen molar-refractivity contribution in [3.05, 3.63) is 120 Å². The number of allylic oxidation sites excluding steroid dienone is 1. The Labute approximate surface area is 374 Å². The van der Waals surface area contributed by atoms with Gasteiger partial charge >= 0.3 is 0 Å². The van der Waals surface area contributed by atoms with Crippen molar-refractivity contribution in [2.75, 3.05) is 89.5 Å². The number of piperazine rings is 1. The maximum absolute atomic E-state index is 13.4. The number of ether oxygens (including phenoxy) is 4. The zero-order valence-electron chi connectivity index (χ0n) is 36.4. The lowest BCUT2D eigenvalue weighted by atomic mass is 10.0. The Hall–Kier alpha value is -5.97. The van der Waals surface area contributed by atoms with Gasteiger partial charge < -0.3 is 39.8 Å². The first-order valence-electron chi connectivity index (χ1n) is 22.4. The number of nitrogens with one attached hydrogen (secondary N) is 3. The fourth-order valence-corrected chi connectivity index (χ4v) is 8.40. The number of anilines is 3. The Morgan fingerprint density at radius 2 is 1.62 bits per heavy atom. The Bertz CT molecular complexity index is 2310. The number of imide groups is 1. The molecule has 0 saturated carbocycles. The van der Waals surface area contributed by atoms with Crippen molar-refractivity contribution < 1.29 is 33.3 Å². The van der Waals surface area contributed by atoms with Crippen LogP contribution in [0.3, 0.4) is 0 Å². The summed E-state index contributed by atoms with van der Waals surface area (Å²) >= 11 is 0. The highest BCUT2D eigenvalue weighted by Gasteiger charge is 2.45. The maximum Gasteiger partial charge on any atom is 0.264 e. The van der Waals surface area contributed by atoms with Gasteiger partial charge in [0.05, 0.1) is 49.9 Å². The summed E-state index contributed by atoms with van der Waals surface area (Å²) < 4.78 is 24.2. The van der Waals surface area contributed by atoms with E-state index in [-0.39, 0.29) is 5.91 Å². The van der Waals surface area contributed by atoms with Crippen LogP contribution < -0.4 is 20.7 Å². The molecule has 15 heteroatoms. The lowest BCUT2D eigenvalue weighted by molar-refractivity contribution is -0.125. The van der Waals surface area contributed by atoms with Gasteiger partial charge in [-0.05, 0) is 86.7 Å². The molecule has 2 saturated heterocycles. The molecule has 1 unspecified atom stereocenters. The minimum Gasteiger partial charge on any atom is -0.492 e. The van der Waals surface area contributed by atoms with Crippen molar-refractivity contribution >= 4 is 35.0 Å². The van der Waals surface area contributed by atoms with E-state index in [0.717, 1.165) is 97.3 Å². The van der Waals surface area contributed by atoms with Crippen LogP contribution in [0, 0.1) is 0 Å². The van der Waals surface area contributed by atoms with E-state index in [2.05, 4.69) is 49.4 Å². The standard InChI is InChI=1S/C49H58N8O7/c1-35-13-15-43(46(58)52-35)57-47(59)40-11-8-12-42(45(40)48(57)60)50-19-29-61-26-4-2-3-20-55-21-23-56(24-22-55)25-30-64-44-16-14-39-32-38(44)34-63-28-6-5-27-62-33-36-9-7-10-37(31-36)41-17-18-51-49(53-39)54-41/h5-12,14,16-18,31-32,43,50H,1-4,13,15,19-30,33-34H2,(H,52,58)(H,51,53,54)/b6-5+. The van der Waals surface area contributed by atoms with Crippen LogP contribution in [0.2, 0.25) is 0 Å². The predicted molar refractivity (Wildman–Crippen MR) is 244 cm³/mol. The highest BCUT2D eigenvalue weighted by Crippen LogP contribution is 2.33. The molecule has 4 aromatic rings. The Balaban J connectivity index is 0.714. The summed E-state index contributed by atoms with van der Waals surface area (Å²) in [7, 11) is 0. The van der Waals surface area contributed by atoms with Crippen molar-refractivity contribution in [3.63, 3.8) is 0 Å². The SMILES string of the molecule is C=C1CCC(N2C(=O)c3cccc(NCCOCCCCCN4CCN(CCOc5ccc6cc5COC/C=C/COCc5cccc(c5)-c5ccnc(n5)N6)CC4)c3C2=O)C(=O)N1. The summed E-state index contributed by atoms with van der Waals surface area (Å²) in [5.41, 5.74) is 6.53. The van der Waals surface area contributed by atoms with Crippen LogP contribution >= 0.6 is 0 Å². The summed E-state index contributed by atoms with van der Waals surface area (Å²) in [4.78, 5) is 54.4. The Morgan fingerprint density at radius 1 is 0.812 bits per heavy atom. The van der Waals surface area contributed by atoms with E-state index in [1.54, 1.807) is 24.4 Å². The molecule has 336 valence electrons. The molecule has 0 aliphatic carbocycles. The molecule has 4 aliphatic heterocycles. The number of piperidine rings is 1. The van der Waals surface area contributed by atoms with Crippen molar-refractivity contribution in [3.8, 4) is 17.0 Å². The summed E-state index contributed by atoms with van der Waals surface area (Å²) in [6.07, 6.45) is 9.81. The van der Waals surface area contributed by atoms with Crippen LogP contribution in [-0.4, -0.2) is 127 Å². The summed E-state index contributed by atoms with van der Waals surface area (Å²) in [6, 6.07) is 20.5. The second kappa shape index (κ2) is 22.1. The summed E-state index contributed by atoms with van der Waals surface area (Å²) in [5.74, 6) is 0.0577. The third-order valence-corrected chi connectivity index (χ3v) is 11.9. The molecule has 5 heterocycles. The molecule has 15 nitrogen and oxygen atoms in total. The monoisotopic (exact) mass is 870 g/mol. The molecule has 4 aliphatic rings. The highest BCUT2D eigenvalue weighted by molar-refractivity contribution is 6.25. The van der Waals surface area contributed by atoms with Crippen LogP contribution in [0.1, 0.15) is 63.9 Å². The predicted octanol–water partition coefficient (Wildman–Crippen LogP) is 6.17. The van der Waals surface area contributed by atoms with E-state index >= 15 is 0 Å². The van der Waals surface area contributed by atoms with Crippen LogP contribution in [0.25, 0.3) is 11.3 Å². The second-order valence-electron chi connectivity index (χ2n) is 16.4. The van der Waals surface area contributed by atoms with Crippen molar-refractivity contribution in [2.24, 2.45) is 0 Å². The number of hydrogen-bond acceptors (Lipinski definition) is 13. The van der Waals surface area contributed by atoms with Crippen LogP contribution in [0.5, 0.6) is 5.75 Å². The lowest BCUT2D eigenvalue weighted by Crippen LogP contribution is -2.51. The number of aromatic nitrogens is 2. The first-order valence-corrected chi connectivity index (χ1v) is 22.4. The number of carbonyl (C=O) groups excluding carboxylic acids is 3. The van der Waals surface area contributed by atoms with Crippen molar-refractivity contribution in [1.29, 1.82) is 0 Å². The summed E-state index contributed by atoms with van der Waals surface area (Å²) in [6.45, 7) is 13.9. The van der Waals surface area contributed by atoms with E-state index in [4.69, 9.17) is 23.9 Å². The topological polar surface area (TPSA) is 160 Å². The largest absolute Gasteiger partial charge is 0.492 e. The summed E-state index contributed by atoms with van der Waals surface area (Å²) in [5, 5.41) is 9.31. The first-order chi connectivity index (χ1) is 31.4. The van der Waals surface area contributed by atoms with E-state index in [1.807, 2.05) is 48.6 Å². The molecular formula is C49H58N8O7. The molecule has 3 aromatic carbocycles. The van der Waals surface area contributed by atoms with E-state index < -0.39 is 17.9 Å². The Kier molecular flexibility index (Phi) is 15.4. The molecule has 6 bridgehead atoms. The zero-order chi connectivity index (χ0) is 44.1. The van der Waals surface area contributed by atoms with Crippen LogP contribution in [0.4, 0.5) is 17.3 Å². The third-order valence-electron chi connectivity index (χ3n) is 11.9. The molecule has 8 rings (SSSR count). The number of fused-ring (bicyclic) bond motifs is 8. The second-order valence-corrected chi connectivity index (χ2v) is 16.4. The lowest BCUT2D eigenvalue weighted by Gasteiger charge is -2.34. The van der Waals surface area contributed by atoms with Crippen molar-refractivity contribution in [1.82, 2.24) is 30.0 Å². The highest BCUT2D eigenvalue weighted by atomic mass is 16.5. The van der Waals surface area contributed by atoms with Gasteiger partial charge in [0.1, 0.15) is 18.4 Å². The average Bonchev–Trinajstić information content (AvgIpc) is 3.56. The molecular weight excluding hydrogens is 813 g/mol. The fraction of sp³-hybridized carbons (Fsp3) is 0.408. The minimum absolute atomic E-state index is 0.312. The average molecular weight is 871 g/mol. The zero-order valence-corrected chi connectivity index (χ0v) is 36.4. The van der Waals surface area contributed by atoms with Gasteiger partial charge in [0, 0.05) is 80.3 Å². The third kappa shape index (κ3) is 11.6. The molecule has 1 atom stereocenters. The molecule has 0 radical (unpaired) electrons. The van der Waals surface area contributed by atoms with Gasteiger partial charge in [0.25, 0.3) is 11.8 Å². The smallest absolute Gasteiger partial charge is 0.264 e. The molecule has 3 amide bonds. The number of hydrogen-bond donors (Lipinski definition) is 3. The van der Waals surface area contributed by atoms with Gasteiger partial charge in [0.15, 0.2) is 0 Å². The van der Waals surface area contributed by atoms with Gasteiger partial charge in [-0.3, -0.25) is 24.2 Å². The van der Waals surface area contributed by atoms with E-state index in [9.17, 15) is 14.4 Å². The van der Waals surface area contributed by atoms with Crippen molar-refractivity contribution in [2.45, 2.75) is 51.4 Å². The van der Waals surface area contributed by atoms with Gasteiger partial charge in [0.2, 0.25) is 11.9 Å². The number of rotatable bonds is 15. The minimum atomic E-state index is -0.835. The van der Waals surface area contributed by atoms with E-state index in [0.29, 0.717) is 94.1 Å². The number of unbranched alkanes of at least 4 members (excludes halogenated alkanes) is 2. The van der Waals surface area contributed by atoms with Gasteiger partial charge in [-0.1, -0.05) is 43.0 Å². The van der Waals surface area contributed by atoms with E-state index in [1.165, 1.54) is 0 Å². The van der Waals surface area contributed by atoms with Crippen LogP contribution in [0.15, 0.2) is 97.4 Å². The quantitative estimate of drug-likeness (QED) is 0.0708. The van der Waals surface area contributed by atoms with Crippen LogP contribution in [-0.2, 0) is 32.2 Å². The molecule has 0 spiro atoms. The fourth-order valence-electron chi connectivity index (χ4n) is 8.40. The van der Waals surface area contributed by atoms with Gasteiger partial charge in [-0.15, -0.1) is 0 Å². The van der Waals surface area contributed by atoms with Gasteiger partial charge in [-0.25, -0.2) is 9.97 Å². The first kappa shape index (κ1) is 44.6. The molecule has 3 N–H and O–H groups in total. The number of amides is 3. The molecule has 2 fully saturated rings.